The molecule has 1 aromatic rings. The molecule has 1 unspecified atom stereocenters. The molecule has 1 heterocycles. The highest BCUT2D eigenvalue weighted by Crippen LogP contribution is 2.22. The molecular weight excluding hydrogens is 222 g/mol. The van der Waals surface area contributed by atoms with Gasteiger partial charge in [0.25, 0.3) is 0 Å². The molecule has 1 aliphatic heterocycles. The molecule has 0 saturated carbocycles. The van der Waals surface area contributed by atoms with Crippen molar-refractivity contribution in [1.29, 1.82) is 0 Å². The fourth-order valence-electron chi connectivity index (χ4n) is 1.71. The number of nitrogens with two attached hydrogens (primary N) is 1. The molecule has 3 N–H and O–H groups in total. The summed E-state index contributed by atoms with van der Waals surface area (Å²) in [5.41, 5.74) is 6.40. The summed E-state index contributed by atoms with van der Waals surface area (Å²) in [6.07, 6.45) is -0.540. The summed E-state index contributed by atoms with van der Waals surface area (Å²) in [4.78, 5) is 24.1. The van der Waals surface area contributed by atoms with E-state index in [1.807, 2.05) is 0 Å². The van der Waals surface area contributed by atoms with Crippen LogP contribution in [0.3, 0.4) is 0 Å². The Bertz CT molecular complexity index is 444. The monoisotopic (exact) mass is 235 g/mol. The van der Waals surface area contributed by atoms with Crippen LogP contribution in [0.4, 0.5) is 10.5 Å². The fraction of sp³-hybridized carbons (Fsp3) is 0.273. The van der Waals surface area contributed by atoms with Crippen molar-refractivity contribution < 1.29 is 14.3 Å². The first-order chi connectivity index (χ1) is 8.11. The Morgan fingerprint density at radius 3 is 2.53 bits per heavy atom. The van der Waals surface area contributed by atoms with Crippen molar-refractivity contribution in [2.24, 2.45) is 5.73 Å². The molecule has 1 atom stereocenters. The zero-order valence-corrected chi connectivity index (χ0v) is 9.34. The third kappa shape index (κ3) is 2.21. The molecule has 6 heteroatoms. The molecule has 0 aromatic heterocycles. The van der Waals surface area contributed by atoms with Crippen molar-refractivity contribution in [3.05, 3.63) is 24.3 Å². The second-order valence-corrected chi connectivity index (χ2v) is 3.69. The van der Waals surface area contributed by atoms with Gasteiger partial charge in [0.1, 0.15) is 5.75 Å². The third-order valence-corrected chi connectivity index (χ3v) is 2.54. The molecule has 1 saturated heterocycles. The molecule has 1 aliphatic rings. The van der Waals surface area contributed by atoms with Crippen LogP contribution in [0.15, 0.2) is 24.3 Å². The van der Waals surface area contributed by atoms with E-state index in [0.29, 0.717) is 11.4 Å². The van der Waals surface area contributed by atoms with E-state index in [1.54, 1.807) is 31.4 Å². The van der Waals surface area contributed by atoms with Crippen LogP contribution in [0.1, 0.15) is 6.42 Å². The lowest BCUT2D eigenvalue weighted by Gasteiger charge is -2.32. The van der Waals surface area contributed by atoms with Gasteiger partial charge in [0.2, 0.25) is 5.91 Å². The van der Waals surface area contributed by atoms with Gasteiger partial charge in [0.05, 0.1) is 19.7 Å². The Hall–Kier alpha value is -2.08. The highest BCUT2D eigenvalue weighted by atomic mass is 16.5. The molecular formula is C11H13N3O3. The molecule has 17 heavy (non-hydrogen) atoms. The van der Waals surface area contributed by atoms with E-state index in [2.05, 4.69) is 5.32 Å². The number of rotatable bonds is 2. The largest absolute Gasteiger partial charge is 0.497 e. The zero-order chi connectivity index (χ0) is 12.4. The molecule has 0 radical (unpaired) electrons. The van der Waals surface area contributed by atoms with Gasteiger partial charge in [0, 0.05) is 5.69 Å². The number of hydrogen-bond acceptors (Lipinski definition) is 4. The first-order valence-electron chi connectivity index (χ1n) is 5.14. The Morgan fingerprint density at radius 2 is 2.00 bits per heavy atom. The second-order valence-electron chi connectivity index (χ2n) is 3.69. The van der Waals surface area contributed by atoms with Gasteiger partial charge in [0.15, 0.2) is 0 Å². The third-order valence-electron chi connectivity index (χ3n) is 2.54. The molecule has 1 fully saturated rings. The van der Waals surface area contributed by atoms with Gasteiger partial charge in [-0.15, -0.1) is 0 Å². The average molecular weight is 235 g/mol. The van der Waals surface area contributed by atoms with Crippen molar-refractivity contribution in [2.75, 3.05) is 12.0 Å². The van der Waals surface area contributed by atoms with Gasteiger partial charge >= 0.3 is 6.03 Å². The first kappa shape index (κ1) is 11.4. The Balaban J connectivity index is 2.25. The predicted molar refractivity (Wildman–Crippen MR) is 61.6 cm³/mol. The van der Waals surface area contributed by atoms with Crippen LogP contribution in [0, 0.1) is 0 Å². The maximum Gasteiger partial charge on any atom is 0.329 e. The number of hydrogen-bond donors (Lipinski definition) is 2. The lowest BCUT2D eigenvalue weighted by atomic mass is 10.2. The SMILES string of the molecule is COc1ccc(N2C(=O)NC(=O)CC2N)cc1. The van der Waals surface area contributed by atoms with E-state index in [9.17, 15) is 9.59 Å². The van der Waals surface area contributed by atoms with Crippen molar-refractivity contribution in [2.45, 2.75) is 12.6 Å². The van der Waals surface area contributed by atoms with Crippen LogP contribution in [-0.2, 0) is 4.79 Å². The maximum absolute atomic E-state index is 11.7. The van der Waals surface area contributed by atoms with Crippen molar-refractivity contribution in [3.63, 3.8) is 0 Å². The van der Waals surface area contributed by atoms with Crippen LogP contribution in [-0.4, -0.2) is 25.2 Å². The van der Waals surface area contributed by atoms with E-state index in [0.717, 1.165) is 0 Å². The summed E-state index contributed by atoms with van der Waals surface area (Å²) in [6, 6.07) is 6.39. The number of carbonyl (C=O) groups excluding carboxylic acids is 2. The van der Waals surface area contributed by atoms with E-state index < -0.39 is 12.2 Å². The van der Waals surface area contributed by atoms with Crippen molar-refractivity contribution in [1.82, 2.24) is 5.32 Å². The number of amides is 3. The van der Waals surface area contributed by atoms with E-state index in [-0.39, 0.29) is 12.3 Å². The quantitative estimate of drug-likeness (QED) is 0.778. The summed E-state index contributed by atoms with van der Waals surface area (Å²) >= 11 is 0. The fourth-order valence-corrected chi connectivity index (χ4v) is 1.71. The zero-order valence-electron chi connectivity index (χ0n) is 9.34. The highest BCUT2D eigenvalue weighted by molar-refractivity contribution is 6.06. The minimum atomic E-state index is -0.635. The molecule has 0 aliphatic carbocycles. The number of imide groups is 1. The normalized spacial score (nSPS) is 20.1. The number of benzene rings is 1. The Labute approximate surface area is 98.3 Å². The number of nitrogens with one attached hydrogen (secondary N) is 1. The van der Waals surface area contributed by atoms with Gasteiger partial charge in [-0.2, -0.15) is 0 Å². The van der Waals surface area contributed by atoms with E-state index in [1.165, 1.54) is 4.90 Å². The van der Waals surface area contributed by atoms with Crippen LogP contribution < -0.4 is 20.7 Å². The summed E-state index contributed by atoms with van der Waals surface area (Å²) in [5, 5.41) is 2.22. The summed E-state index contributed by atoms with van der Waals surface area (Å²) in [6.45, 7) is 0. The Kier molecular flexibility index (Phi) is 2.97. The van der Waals surface area contributed by atoms with E-state index in [4.69, 9.17) is 10.5 Å². The first-order valence-corrected chi connectivity index (χ1v) is 5.14. The molecule has 0 spiro atoms. The highest BCUT2D eigenvalue weighted by Gasteiger charge is 2.30. The van der Waals surface area contributed by atoms with Gasteiger partial charge in [-0.05, 0) is 24.3 Å². The topological polar surface area (TPSA) is 84.7 Å². The van der Waals surface area contributed by atoms with E-state index >= 15 is 0 Å². The van der Waals surface area contributed by atoms with Gasteiger partial charge in [-0.25, -0.2) is 4.79 Å². The van der Waals surface area contributed by atoms with Crippen LogP contribution >= 0.6 is 0 Å². The summed E-state index contributed by atoms with van der Waals surface area (Å²) in [7, 11) is 1.56. The standard InChI is InChI=1S/C11H13N3O3/c1-17-8-4-2-7(3-5-8)14-9(12)6-10(15)13-11(14)16/h2-5,9H,6,12H2,1H3,(H,13,15,16). The second kappa shape index (κ2) is 4.42. The minimum absolute atomic E-state index is 0.0950. The molecule has 0 bridgehead atoms. The van der Waals surface area contributed by atoms with Crippen LogP contribution in [0.25, 0.3) is 0 Å². The minimum Gasteiger partial charge on any atom is -0.497 e. The van der Waals surface area contributed by atoms with Crippen molar-refractivity contribution in [3.8, 4) is 5.75 Å². The van der Waals surface area contributed by atoms with Gasteiger partial charge in [-0.1, -0.05) is 0 Å². The number of ether oxygens (including phenoxy) is 1. The number of carbonyl (C=O) groups is 2. The summed E-state index contributed by atoms with van der Waals surface area (Å²) in [5.74, 6) is 0.336. The maximum atomic E-state index is 11.7. The van der Waals surface area contributed by atoms with Crippen molar-refractivity contribution >= 4 is 17.6 Å². The summed E-state index contributed by atoms with van der Waals surface area (Å²) < 4.78 is 5.02. The lowest BCUT2D eigenvalue weighted by Crippen LogP contribution is -2.58. The predicted octanol–water partition coefficient (Wildman–Crippen LogP) is 0.426. The molecule has 2 rings (SSSR count). The smallest absolute Gasteiger partial charge is 0.329 e. The van der Waals surface area contributed by atoms with Crippen LogP contribution in [0.5, 0.6) is 5.75 Å². The number of nitrogens with zero attached hydrogens (tertiary/aromatic N) is 1. The van der Waals surface area contributed by atoms with Crippen LogP contribution in [0.2, 0.25) is 0 Å². The molecule has 1 aromatic carbocycles. The lowest BCUT2D eigenvalue weighted by molar-refractivity contribution is -0.120. The molecule has 90 valence electrons. The number of methoxy groups -OCH3 is 1. The van der Waals surface area contributed by atoms with Gasteiger partial charge in [-0.3, -0.25) is 15.0 Å². The molecule has 3 amide bonds. The number of anilines is 1. The van der Waals surface area contributed by atoms with Gasteiger partial charge < -0.3 is 10.5 Å². The molecule has 6 nitrogen and oxygen atoms in total. The average Bonchev–Trinajstić information content (AvgIpc) is 2.28. The Morgan fingerprint density at radius 1 is 1.35 bits per heavy atom. The number of urea groups is 1.